The Labute approximate surface area is 132 Å². The van der Waals surface area contributed by atoms with E-state index in [9.17, 15) is 5.11 Å². The van der Waals surface area contributed by atoms with Gasteiger partial charge in [-0.05, 0) is 46.2 Å². The number of fused-ring (bicyclic) bond motifs is 1. The second-order valence-electron chi connectivity index (χ2n) is 4.83. The van der Waals surface area contributed by atoms with Crippen LogP contribution in [0.1, 0.15) is 29.7 Å². The summed E-state index contributed by atoms with van der Waals surface area (Å²) >= 11 is 9.68. The van der Waals surface area contributed by atoms with Gasteiger partial charge in [0, 0.05) is 17.5 Å². The van der Waals surface area contributed by atoms with Crippen LogP contribution >= 0.6 is 34.7 Å². The average Bonchev–Trinajstić information content (AvgIpc) is 2.99. The van der Waals surface area contributed by atoms with Gasteiger partial charge in [-0.25, -0.2) is 0 Å². The molecule has 2 aromatic rings. The van der Waals surface area contributed by atoms with Gasteiger partial charge in [0.2, 0.25) is 0 Å². The smallest absolute Gasteiger partial charge is 0.0922 e. The quantitative estimate of drug-likeness (QED) is 0.881. The second-order valence-corrected chi connectivity index (χ2v) is 7.12. The molecule has 0 bridgehead atoms. The fraction of sp³-hybridized carbons (Fsp3) is 0.333. The van der Waals surface area contributed by atoms with Gasteiger partial charge in [0.15, 0.2) is 0 Å². The van der Waals surface area contributed by atoms with Crippen LogP contribution in [0.25, 0.3) is 0 Å². The molecule has 0 amide bonds. The molecule has 20 heavy (non-hydrogen) atoms. The van der Waals surface area contributed by atoms with Crippen LogP contribution in [0.15, 0.2) is 39.9 Å². The summed E-state index contributed by atoms with van der Waals surface area (Å²) in [4.78, 5) is 1.18. The Kier molecular flexibility index (Phi) is 4.68. The molecule has 5 heteroatoms. The lowest BCUT2D eigenvalue weighted by Crippen LogP contribution is -2.28. The molecule has 0 radical (unpaired) electrons. The van der Waals surface area contributed by atoms with E-state index >= 15 is 0 Å². The lowest BCUT2D eigenvalue weighted by atomic mass is 10.0. The fourth-order valence-electron chi connectivity index (χ4n) is 2.43. The van der Waals surface area contributed by atoms with Gasteiger partial charge >= 0.3 is 0 Å². The molecule has 1 aliphatic rings. The number of halogens is 1. The molecule has 0 fully saturated rings. The van der Waals surface area contributed by atoms with E-state index in [-0.39, 0.29) is 6.04 Å². The molecular weight excluding hydrogens is 310 g/mol. The van der Waals surface area contributed by atoms with Crippen molar-refractivity contribution in [3.05, 3.63) is 51.2 Å². The highest BCUT2D eigenvalue weighted by Crippen LogP contribution is 2.40. The average molecular weight is 326 g/mol. The van der Waals surface area contributed by atoms with E-state index in [0.29, 0.717) is 6.54 Å². The summed E-state index contributed by atoms with van der Waals surface area (Å²) in [7, 11) is 0. The molecule has 2 heterocycles. The SMILES string of the molecule is OC(CNC1CCSc2c(Cl)cccc21)c1ccsc1. The molecule has 0 spiro atoms. The minimum Gasteiger partial charge on any atom is -0.387 e. The topological polar surface area (TPSA) is 32.3 Å². The number of hydrogen-bond donors (Lipinski definition) is 2. The van der Waals surface area contributed by atoms with Gasteiger partial charge in [0.25, 0.3) is 0 Å². The second kappa shape index (κ2) is 6.50. The number of thioether (sulfide) groups is 1. The summed E-state index contributed by atoms with van der Waals surface area (Å²) in [5.74, 6) is 1.06. The predicted molar refractivity (Wildman–Crippen MR) is 86.8 cm³/mol. The van der Waals surface area contributed by atoms with Crippen LogP contribution in [0.5, 0.6) is 0 Å². The molecule has 2 unspecified atom stereocenters. The summed E-state index contributed by atoms with van der Waals surface area (Å²) in [5.41, 5.74) is 2.24. The van der Waals surface area contributed by atoms with Crippen LogP contribution in [-0.4, -0.2) is 17.4 Å². The van der Waals surface area contributed by atoms with Crippen molar-refractivity contribution in [2.24, 2.45) is 0 Å². The molecule has 0 aliphatic carbocycles. The van der Waals surface area contributed by atoms with Gasteiger partial charge in [-0.3, -0.25) is 0 Å². The lowest BCUT2D eigenvalue weighted by molar-refractivity contribution is 0.169. The first-order chi connectivity index (χ1) is 9.75. The summed E-state index contributed by atoms with van der Waals surface area (Å²) in [5, 5.41) is 18.4. The molecule has 2 atom stereocenters. The molecule has 1 aliphatic heterocycles. The lowest BCUT2D eigenvalue weighted by Gasteiger charge is -2.27. The Morgan fingerprint density at radius 3 is 3.10 bits per heavy atom. The molecule has 0 saturated heterocycles. The van der Waals surface area contributed by atoms with Gasteiger partial charge in [0.05, 0.1) is 11.1 Å². The maximum absolute atomic E-state index is 10.2. The number of aliphatic hydroxyl groups excluding tert-OH is 1. The van der Waals surface area contributed by atoms with Gasteiger partial charge < -0.3 is 10.4 Å². The van der Waals surface area contributed by atoms with Crippen LogP contribution in [0.2, 0.25) is 5.02 Å². The van der Waals surface area contributed by atoms with Gasteiger partial charge in [-0.2, -0.15) is 11.3 Å². The Morgan fingerprint density at radius 2 is 2.30 bits per heavy atom. The van der Waals surface area contributed by atoms with Crippen molar-refractivity contribution in [2.75, 3.05) is 12.3 Å². The Balaban J connectivity index is 1.69. The first kappa shape index (κ1) is 14.4. The Bertz CT molecular complexity index is 573. The van der Waals surface area contributed by atoms with Crippen LogP contribution in [0.4, 0.5) is 0 Å². The molecule has 1 aromatic carbocycles. The number of aliphatic hydroxyl groups is 1. The zero-order chi connectivity index (χ0) is 13.9. The number of thiophene rings is 1. The number of nitrogens with one attached hydrogen (secondary N) is 1. The van der Waals surface area contributed by atoms with Crippen molar-refractivity contribution in [3.63, 3.8) is 0 Å². The highest BCUT2D eigenvalue weighted by molar-refractivity contribution is 7.99. The summed E-state index contributed by atoms with van der Waals surface area (Å²) in [6.45, 7) is 0.567. The zero-order valence-electron chi connectivity index (χ0n) is 10.9. The van der Waals surface area contributed by atoms with E-state index < -0.39 is 6.10 Å². The van der Waals surface area contributed by atoms with E-state index in [1.165, 1.54) is 10.5 Å². The van der Waals surface area contributed by atoms with E-state index in [0.717, 1.165) is 22.8 Å². The molecule has 2 N–H and O–H groups in total. The number of benzene rings is 1. The summed E-state index contributed by atoms with van der Waals surface area (Å²) in [6.07, 6.45) is 0.618. The van der Waals surface area contributed by atoms with Crippen LogP contribution in [0.3, 0.4) is 0 Å². The van der Waals surface area contributed by atoms with Crippen molar-refractivity contribution in [2.45, 2.75) is 23.5 Å². The van der Waals surface area contributed by atoms with E-state index in [2.05, 4.69) is 11.4 Å². The highest BCUT2D eigenvalue weighted by Gasteiger charge is 2.22. The van der Waals surface area contributed by atoms with Crippen molar-refractivity contribution in [1.82, 2.24) is 5.32 Å². The standard InChI is InChI=1S/C15H16ClNOS2/c16-12-3-1-2-11-13(5-7-20-15(11)12)17-8-14(18)10-4-6-19-9-10/h1-4,6,9,13-14,17-18H,5,7-8H2. The van der Waals surface area contributed by atoms with Crippen molar-refractivity contribution in [1.29, 1.82) is 0 Å². The Hall–Kier alpha value is -0.520. The van der Waals surface area contributed by atoms with E-state index in [1.54, 1.807) is 11.3 Å². The zero-order valence-corrected chi connectivity index (χ0v) is 13.3. The monoisotopic (exact) mass is 325 g/mol. The van der Waals surface area contributed by atoms with Crippen LogP contribution in [-0.2, 0) is 0 Å². The van der Waals surface area contributed by atoms with Crippen LogP contribution in [0, 0.1) is 0 Å². The van der Waals surface area contributed by atoms with Crippen molar-refractivity contribution < 1.29 is 5.11 Å². The van der Waals surface area contributed by atoms with Crippen LogP contribution < -0.4 is 5.32 Å². The van der Waals surface area contributed by atoms with E-state index in [4.69, 9.17) is 11.6 Å². The first-order valence-electron chi connectivity index (χ1n) is 6.60. The summed E-state index contributed by atoms with van der Waals surface area (Å²) < 4.78 is 0. The Morgan fingerprint density at radius 1 is 1.40 bits per heavy atom. The van der Waals surface area contributed by atoms with Crippen molar-refractivity contribution in [3.8, 4) is 0 Å². The third kappa shape index (κ3) is 3.05. The minimum absolute atomic E-state index is 0.276. The minimum atomic E-state index is -0.446. The molecule has 106 valence electrons. The largest absolute Gasteiger partial charge is 0.387 e. The van der Waals surface area contributed by atoms with Gasteiger partial charge in [-0.1, -0.05) is 23.7 Å². The molecular formula is C15H16ClNOS2. The molecule has 1 aromatic heterocycles. The summed E-state index contributed by atoms with van der Waals surface area (Å²) in [6, 6.07) is 8.31. The third-order valence-corrected chi connectivity index (χ3v) is 5.82. The molecule has 3 rings (SSSR count). The van der Waals surface area contributed by atoms with Crippen molar-refractivity contribution >= 4 is 34.7 Å². The number of hydrogen-bond acceptors (Lipinski definition) is 4. The number of rotatable bonds is 4. The predicted octanol–water partition coefficient (Wildman–Crippen LogP) is 4.26. The normalized spacial score (nSPS) is 19.6. The van der Waals surface area contributed by atoms with E-state index in [1.807, 2.05) is 40.7 Å². The molecule has 2 nitrogen and oxygen atoms in total. The molecule has 0 saturated carbocycles. The maximum atomic E-state index is 10.2. The highest BCUT2D eigenvalue weighted by atomic mass is 35.5. The third-order valence-electron chi connectivity index (χ3n) is 3.51. The fourth-order valence-corrected chi connectivity index (χ4v) is 4.63. The van der Waals surface area contributed by atoms with Gasteiger partial charge in [0.1, 0.15) is 0 Å². The first-order valence-corrected chi connectivity index (χ1v) is 8.91. The van der Waals surface area contributed by atoms with Gasteiger partial charge in [-0.15, -0.1) is 11.8 Å². The maximum Gasteiger partial charge on any atom is 0.0922 e.